The number of imidazole rings is 1. The summed E-state index contributed by atoms with van der Waals surface area (Å²) >= 11 is 5.76. The molecule has 0 spiro atoms. The maximum absolute atomic E-state index is 13.4. The number of hydrogen-bond acceptors (Lipinski definition) is 4. The van der Waals surface area contributed by atoms with E-state index in [-0.39, 0.29) is 17.1 Å². The van der Waals surface area contributed by atoms with Crippen LogP contribution in [-0.2, 0) is 22.1 Å². The minimum absolute atomic E-state index is 0.138. The first-order valence-corrected chi connectivity index (χ1v) is 10.9. The van der Waals surface area contributed by atoms with Crippen LogP contribution in [0.1, 0.15) is 18.0 Å². The van der Waals surface area contributed by atoms with Crippen LogP contribution in [0, 0.1) is 5.82 Å². The van der Waals surface area contributed by atoms with Gasteiger partial charge in [0.15, 0.2) is 0 Å². The maximum Gasteiger partial charge on any atom is 0.280 e. The molecule has 30 heavy (non-hydrogen) atoms. The molecule has 0 bridgehead atoms. The average Bonchev–Trinajstić information content (AvgIpc) is 3.07. The van der Waals surface area contributed by atoms with E-state index in [1.165, 1.54) is 19.2 Å². The Labute approximate surface area is 177 Å². The molecule has 1 aromatic heterocycles. The Morgan fingerprint density at radius 1 is 1.27 bits per heavy atom. The van der Waals surface area contributed by atoms with E-state index >= 15 is 0 Å². The van der Waals surface area contributed by atoms with Gasteiger partial charge in [-0.15, -0.1) is 0 Å². The molecule has 158 valence electrons. The number of anilines is 1. The van der Waals surface area contributed by atoms with Crippen LogP contribution in [0.2, 0.25) is 5.02 Å². The molecule has 0 radical (unpaired) electrons. The lowest BCUT2D eigenvalue weighted by atomic mass is 9.99. The van der Waals surface area contributed by atoms with Crippen LogP contribution < -0.4 is 10.0 Å². The van der Waals surface area contributed by atoms with E-state index in [2.05, 4.69) is 15.0 Å². The molecular weight excluding hydrogens is 433 g/mol. The molecule has 2 aromatic carbocycles. The van der Waals surface area contributed by atoms with E-state index < -0.39 is 34.0 Å². The van der Waals surface area contributed by atoms with Crippen LogP contribution in [-0.4, -0.2) is 41.3 Å². The summed E-state index contributed by atoms with van der Waals surface area (Å²) in [5.74, 6) is -1.14. The highest BCUT2D eigenvalue weighted by molar-refractivity contribution is 7.87. The normalized spacial score (nSPS) is 21.6. The van der Waals surface area contributed by atoms with Crippen LogP contribution in [0.15, 0.2) is 42.7 Å². The highest BCUT2D eigenvalue weighted by Gasteiger charge is 2.40. The number of aryl methyl sites for hydroxylation is 1. The largest absolute Gasteiger partial charge is 0.334 e. The summed E-state index contributed by atoms with van der Waals surface area (Å²) in [6, 6.07) is 7.68. The molecular formula is C19H19ClFN5O3S. The van der Waals surface area contributed by atoms with Crippen LogP contribution in [0.5, 0.6) is 0 Å². The van der Waals surface area contributed by atoms with E-state index in [4.69, 9.17) is 11.6 Å². The summed E-state index contributed by atoms with van der Waals surface area (Å²) < 4.78 is 44.1. The first kappa shape index (κ1) is 20.7. The van der Waals surface area contributed by atoms with Crippen molar-refractivity contribution in [2.75, 3.05) is 12.4 Å². The third-order valence-corrected chi connectivity index (χ3v) is 7.09. The fourth-order valence-corrected chi connectivity index (χ4v) is 4.95. The van der Waals surface area contributed by atoms with Gasteiger partial charge in [0.2, 0.25) is 5.91 Å². The molecule has 1 amide bonds. The molecule has 1 saturated heterocycles. The lowest BCUT2D eigenvalue weighted by molar-refractivity contribution is -0.120. The predicted octanol–water partition coefficient (Wildman–Crippen LogP) is 2.58. The molecule has 1 fully saturated rings. The number of likely N-dealkylation sites (N-methyl/N-ethyl adjacent to an activating group) is 1. The zero-order valence-corrected chi connectivity index (χ0v) is 17.7. The number of amides is 1. The minimum atomic E-state index is -3.90. The van der Waals surface area contributed by atoms with Crippen molar-refractivity contribution in [1.29, 1.82) is 0 Å². The molecule has 2 atom stereocenters. The predicted molar refractivity (Wildman–Crippen MR) is 112 cm³/mol. The smallest absolute Gasteiger partial charge is 0.280 e. The first-order chi connectivity index (χ1) is 14.2. The number of benzene rings is 2. The number of hydrogen-bond donors (Lipinski definition) is 2. The monoisotopic (exact) mass is 451 g/mol. The Hall–Kier alpha value is -2.53. The first-order valence-electron chi connectivity index (χ1n) is 9.08. The highest BCUT2D eigenvalue weighted by atomic mass is 35.5. The van der Waals surface area contributed by atoms with E-state index in [9.17, 15) is 17.6 Å². The van der Waals surface area contributed by atoms with E-state index in [1.54, 1.807) is 6.33 Å². The van der Waals surface area contributed by atoms with E-state index in [0.29, 0.717) is 5.56 Å². The lowest BCUT2D eigenvalue weighted by Crippen LogP contribution is -2.55. The van der Waals surface area contributed by atoms with Gasteiger partial charge in [0.05, 0.1) is 28.4 Å². The van der Waals surface area contributed by atoms with Gasteiger partial charge in [0.1, 0.15) is 11.9 Å². The Balaban J connectivity index is 1.61. The van der Waals surface area contributed by atoms with Crippen molar-refractivity contribution in [3.63, 3.8) is 0 Å². The van der Waals surface area contributed by atoms with Gasteiger partial charge in [-0.1, -0.05) is 17.7 Å². The zero-order valence-electron chi connectivity index (χ0n) is 16.1. The molecule has 4 rings (SSSR count). The second-order valence-electron chi connectivity index (χ2n) is 7.16. The van der Waals surface area contributed by atoms with Crippen LogP contribution in [0.25, 0.3) is 11.0 Å². The summed E-state index contributed by atoms with van der Waals surface area (Å²) in [7, 11) is -0.691. The van der Waals surface area contributed by atoms with Crippen molar-refractivity contribution in [3.8, 4) is 0 Å². The number of halogens is 2. The van der Waals surface area contributed by atoms with Crippen molar-refractivity contribution < 1.29 is 17.6 Å². The van der Waals surface area contributed by atoms with Crippen molar-refractivity contribution in [3.05, 3.63) is 59.1 Å². The number of carbonyl (C=O) groups excluding carboxylic acids is 1. The molecule has 1 aliphatic rings. The van der Waals surface area contributed by atoms with Crippen molar-refractivity contribution in [2.45, 2.75) is 18.5 Å². The van der Waals surface area contributed by atoms with E-state index in [0.717, 1.165) is 21.4 Å². The Morgan fingerprint density at radius 3 is 2.77 bits per heavy atom. The van der Waals surface area contributed by atoms with Gasteiger partial charge in [-0.05, 0) is 42.3 Å². The molecule has 0 saturated carbocycles. The number of nitrogens with one attached hydrogen (secondary N) is 2. The van der Waals surface area contributed by atoms with Gasteiger partial charge < -0.3 is 9.88 Å². The molecule has 11 heteroatoms. The number of rotatable bonds is 3. The van der Waals surface area contributed by atoms with Crippen LogP contribution in [0.3, 0.4) is 0 Å². The second kappa shape index (κ2) is 7.62. The third-order valence-electron chi connectivity index (χ3n) is 5.21. The second-order valence-corrected chi connectivity index (χ2v) is 9.33. The number of aromatic nitrogens is 2. The van der Waals surface area contributed by atoms with Gasteiger partial charge >= 0.3 is 0 Å². The fourth-order valence-electron chi connectivity index (χ4n) is 3.50. The topological polar surface area (TPSA) is 96.3 Å². The molecule has 2 unspecified atom stereocenters. The van der Waals surface area contributed by atoms with Crippen LogP contribution >= 0.6 is 11.6 Å². The van der Waals surface area contributed by atoms with Crippen molar-refractivity contribution in [2.24, 2.45) is 7.05 Å². The van der Waals surface area contributed by atoms with Gasteiger partial charge in [0.25, 0.3) is 10.2 Å². The standard InChI is InChI=1S/C19H19ClFN5O3S/c1-25-10-22-16-7-11(3-6-17(16)25)15-9-18(26(2)30(28,29)24-15)19(27)23-12-4-5-14(21)13(20)8-12/h3-8,10,15,18,24H,9H2,1-2H3,(H,23,27). The molecule has 8 nitrogen and oxygen atoms in total. The highest BCUT2D eigenvalue weighted by Crippen LogP contribution is 2.30. The summed E-state index contributed by atoms with van der Waals surface area (Å²) in [5, 5.41) is 2.47. The van der Waals surface area contributed by atoms with Gasteiger partial charge in [-0.3, -0.25) is 4.79 Å². The SMILES string of the molecule is CN1C(C(=O)Nc2ccc(F)c(Cl)c2)CC(c2ccc3c(c2)ncn3C)NS1(=O)=O. The number of nitrogens with zero attached hydrogens (tertiary/aromatic N) is 3. The Bertz CT molecular complexity index is 1250. The Morgan fingerprint density at radius 2 is 2.03 bits per heavy atom. The lowest BCUT2D eigenvalue weighted by Gasteiger charge is -2.36. The molecule has 0 aliphatic carbocycles. The fraction of sp³-hybridized carbons (Fsp3) is 0.263. The summed E-state index contributed by atoms with van der Waals surface area (Å²) in [5.41, 5.74) is 2.63. The summed E-state index contributed by atoms with van der Waals surface area (Å²) in [4.78, 5) is 17.2. The summed E-state index contributed by atoms with van der Waals surface area (Å²) in [6.45, 7) is 0. The molecule has 2 N–H and O–H groups in total. The number of fused-ring (bicyclic) bond motifs is 1. The summed E-state index contributed by atoms with van der Waals surface area (Å²) in [6.07, 6.45) is 1.88. The van der Waals surface area contributed by atoms with Crippen molar-refractivity contribution >= 4 is 44.4 Å². The Kier molecular flexibility index (Phi) is 5.27. The van der Waals surface area contributed by atoms with Gasteiger partial charge in [-0.2, -0.15) is 17.4 Å². The molecule has 3 aromatic rings. The quantitative estimate of drug-likeness (QED) is 0.639. The maximum atomic E-state index is 13.4. The van der Waals surface area contributed by atoms with Crippen molar-refractivity contribution in [1.82, 2.24) is 18.6 Å². The average molecular weight is 452 g/mol. The number of carbonyl (C=O) groups is 1. The van der Waals surface area contributed by atoms with Crippen LogP contribution in [0.4, 0.5) is 10.1 Å². The third kappa shape index (κ3) is 3.79. The van der Waals surface area contributed by atoms with Gasteiger partial charge in [0, 0.05) is 19.8 Å². The molecule has 2 heterocycles. The van der Waals surface area contributed by atoms with E-state index in [1.807, 2.05) is 29.8 Å². The molecule has 1 aliphatic heterocycles. The van der Waals surface area contributed by atoms with Gasteiger partial charge in [-0.25, -0.2) is 9.37 Å². The minimum Gasteiger partial charge on any atom is -0.334 e. The zero-order chi connectivity index (χ0) is 21.6.